The summed E-state index contributed by atoms with van der Waals surface area (Å²) in [5.74, 6) is 1.45. The lowest BCUT2D eigenvalue weighted by molar-refractivity contribution is -0.384. The molecule has 0 radical (unpaired) electrons. The molecule has 1 unspecified atom stereocenters. The number of nitrogens with zero attached hydrogens (tertiary/aromatic N) is 1. The summed E-state index contributed by atoms with van der Waals surface area (Å²) in [5.41, 5.74) is 0.539. The topological polar surface area (TPSA) is 88.5 Å². The summed E-state index contributed by atoms with van der Waals surface area (Å²) in [6.45, 7) is 6.12. The lowest BCUT2D eigenvalue weighted by atomic mass is 9.96. The van der Waals surface area contributed by atoms with E-state index in [0.29, 0.717) is 18.8 Å². The highest BCUT2D eigenvalue weighted by atomic mass is 16.6. The van der Waals surface area contributed by atoms with Crippen LogP contribution >= 0.6 is 0 Å². The number of nitro groups is 1. The van der Waals surface area contributed by atoms with Crippen LogP contribution in [0.1, 0.15) is 29.6 Å². The zero-order chi connectivity index (χ0) is 16.3. The van der Waals surface area contributed by atoms with Gasteiger partial charge in [0.2, 0.25) is 0 Å². The van der Waals surface area contributed by atoms with Crippen LogP contribution in [0.4, 0.5) is 5.69 Å². The van der Waals surface area contributed by atoms with Crippen LogP contribution in [0.2, 0.25) is 0 Å². The summed E-state index contributed by atoms with van der Waals surface area (Å²) in [6, 6.07) is 8.26. The number of non-ortho nitro benzene ring substituents is 1. The Morgan fingerprint density at radius 3 is 2.68 bits per heavy atom. The van der Waals surface area contributed by atoms with Crippen LogP contribution in [-0.2, 0) is 12.1 Å². The van der Waals surface area contributed by atoms with Crippen molar-refractivity contribution in [3.63, 3.8) is 0 Å². The normalized spacial score (nSPS) is 13.8. The van der Waals surface area contributed by atoms with E-state index in [1.165, 1.54) is 12.1 Å². The number of hydrogen-bond acceptors (Lipinski definition) is 5. The molecule has 22 heavy (non-hydrogen) atoms. The van der Waals surface area contributed by atoms with Crippen molar-refractivity contribution in [2.24, 2.45) is 0 Å². The van der Waals surface area contributed by atoms with Crippen LogP contribution in [0, 0.1) is 24.0 Å². The Labute approximate surface area is 128 Å². The Kier molecular flexibility index (Phi) is 4.63. The van der Waals surface area contributed by atoms with Gasteiger partial charge in [0, 0.05) is 30.8 Å². The number of hydrogen-bond donors (Lipinski definition) is 2. The number of furan rings is 1. The van der Waals surface area contributed by atoms with Gasteiger partial charge in [-0.15, -0.1) is 0 Å². The van der Waals surface area contributed by atoms with Crippen molar-refractivity contribution < 1.29 is 14.4 Å². The smallest absolute Gasteiger partial charge is 0.269 e. The maximum absolute atomic E-state index is 10.7. The first-order valence-electron chi connectivity index (χ1n) is 7.03. The van der Waals surface area contributed by atoms with Gasteiger partial charge < -0.3 is 14.8 Å². The number of rotatable bonds is 6. The van der Waals surface area contributed by atoms with Gasteiger partial charge >= 0.3 is 0 Å². The van der Waals surface area contributed by atoms with Gasteiger partial charge in [-0.2, -0.15) is 0 Å². The van der Waals surface area contributed by atoms with Crippen molar-refractivity contribution in [2.45, 2.75) is 32.9 Å². The molecule has 1 aromatic carbocycles. The largest absolute Gasteiger partial charge is 0.466 e. The standard InChI is InChI=1S/C16H20N2O4/c1-11-7-15(12(2)22-11)16(3,19)10-17-9-13-5-4-6-14(8-13)18(20)21/h4-8,17,19H,9-10H2,1-3H3. The van der Waals surface area contributed by atoms with Gasteiger partial charge in [-0.05, 0) is 32.4 Å². The molecule has 1 heterocycles. The molecule has 0 saturated heterocycles. The molecule has 0 fully saturated rings. The van der Waals surface area contributed by atoms with Crippen molar-refractivity contribution in [2.75, 3.05) is 6.54 Å². The van der Waals surface area contributed by atoms with E-state index in [4.69, 9.17) is 4.42 Å². The monoisotopic (exact) mass is 304 g/mol. The molecule has 118 valence electrons. The van der Waals surface area contributed by atoms with Gasteiger partial charge in [0.15, 0.2) is 0 Å². The fraction of sp³-hybridized carbons (Fsp3) is 0.375. The van der Waals surface area contributed by atoms with E-state index in [2.05, 4.69) is 5.32 Å². The van der Waals surface area contributed by atoms with E-state index in [1.54, 1.807) is 13.0 Å². The zero-order valence-corrected chi connectivity index (χ0v) is 12.9. The van der Waals surface area contributed by atoms with Crippen LogP contribution in [-0.4, -0.2) is 16.6 Å². The van der Waals surface area contributed by atoms with Crippen molar-refractivity contribution in [1.29, 1.82) is 0 Å². The van der Waals surface area contributed by atoms with Gasteiger partial charge in [0.1, 0.15) is 17.1 Å². The molecule has 0 spiro atoms. The van der Waals surface area contributed by atoms with E-state index < -0.39 is 10.5 Å². The number of benzene rings is 1. The maximum atomic E-state index is 10.7. The average Bonchev–Trinajstić information content (AvgIpc) is 2.79. The molecule has 1 atom stereocenters. The van der Waals surface area contributed by atoms with Gasteiger partial charge in [-0.3, -0.25) is 10.1 Å². The molecular formula is C16H20N2O4. The Balaban J connectivity index is 1.99. The second-order valence-corrected chi connectivity index (χ2v) is 5.63. The first-order chi connectivity index (χ1) is 10.3. The van der Waals surface area contributed by atoms with E-state index in [1.807, 2.05) is 26.0 Å². The third kappa shape index (κ3) is 3.72. The molecule has 6 nitrogen and oxygen atoms in total. The summed E-state index contributed by atoms with van der Waals surface area (Å²) in [4.78, 5) is 10.3. The highest BCUT2D eigenvalue weighted by Gasteiger charge is 2.27. The average molecular weight is 304 g/mol. The van der Waals surface area contributed by atoms with E-state index >= 15 is 0 Å². The summed E-state index contributed by atoms with van der Waals surface area (Å²) in [5, 5.41) is 24.4. The predicted molar refractivity (Wildman–Crippen MR) is 82.6 cm³/mol. The summed E-state index contributed by atoms with van der Waals surface area (Å²) in [7, 11) is 0. The molecule has 2 aromatic rings. The molecule has 1 aromatic heterocycles. The minimum absolute atomic E-state index is 0.0624. The number of aryl methyl sites for hydroxylation is 2. The minimum Gasteiger partial charge on any atom is -0.466 e. The first kappa shape index (κ1) is 16.2. The van der Waals surface area contributed by atoms with Crippen molar-refractivity contribution in [3.8, 4) is 0 Å². The number of nitrogens with one attached hydrogen (secondary N) is 1. The molecule has 0 aliphatic heterocycles. The number of aliphatic hydroxyl groups is 1. The molecule has 2 N–H and O–H groups in total. The van der Waals surface area contributed by atoms with Crippen LogP contribution in [0.25, 0.3) is 0 Å². The molecule has 0 saturated carbocycles. The summed E-state index contributed by atoms with van der Waals surface area (Å²) < 4.78 is 5.44. The van der Waals surface area contributed by atoms with Crippen molar-refractivity contribution in [1.82, 2.24) is 5.32 Å². The third-order valence-corrected chi connectivity index (χ3v) is 3.54. The lowest BCUT2D eigenvalue weighted by Crippen LogP contribution is -2.35. The summed E-state index contributed by atoms with van der Waals surface area (Å²) >= 11 is 0. The third-order valence-electron chi connectivity index (χ3n) is 3.54. The van der Waals surface area contributed by atoms with Crippen LogP contribution in [0.5, 0.6) is 0 Å². The molecule has 2 rings (SSSR count). The molecule has 0 aliphatic carbocycles. The zero-order valence-electron chi connectivity index (χ0n) is 12.9. The number of nitro benzene ring substituents is 1. The Morgan fingerprint density at radius 2 is 2.09 bits per heavy atom. The predicted octanol–water partition coefficient (Wildman–Crippen LogP) is 2.80. The molecule has 0 bridgehead atoms. The quantitative estimate of drug-likeness (QED) is 0.633. The maximum Gasteiger partial charge on any atom is 0.269 e. The second-order valence-electron chi connectivity index (χ2n) is 5.63. The van der Waals surface area contributed by atoms with Gasteiger partial charge in [0.05, 0.1) is 4.92 Å². The first-order valence-corrected chi connectivity index (χ1v) is 7.03. The van der Waals surface area contributed by atoms with E-state index in [-0.39, 0.29) is 5.69 Å². The highest BCUT2D eigenvalue weighted by Crippen LogP contribution is 2.26. The van der Waals surface area contributed by atoms with Gasteiger partial charge in [-0.25, -0.2) is 0 Å². The van der Waals surface area contributed by atoms with Gasteiger partial charge in [0.25, 0.3) is 5.69 Å². The Bertz CT molecular complexity index is 677. The van der Waals surface area contributed by atoms with Crippen LogP contribution in [0.3, 0.4) is 0 Å². The Morgan fingerprint density at radius 1 is 1.36 bits per heavy atom. The van der Waals surface area contributed by atoms with Crippen molar-refractivity contribution >= 4 is 5.69 Å². The fourth-order valence-electron chi connectivity index (χ4n) is 2.49. The highest BCUT2D eigenvalue weighted by molar-refractivity contribution is 5.34. The summed E-state index contributed by atoms with van der Waals surface area (Å²) in [6.07, 6.45) is 0. The second kappa shape index (κ2) is 6.29. The van der Waals surface area contributed by atoms with Gasteiger partial charge in [-0.1, -0.05) is 12.1 Å². The van der Waals surface area contributed by atoms with Crippen LogP contribution < -0.4 is 5.32 Å². The van der Waals surface area contributed by atoms with Crippen LogP contribution in [0.15, 0.2) is 34.7 Å². The molecular weight excluding hydrogens is 284 g/mol. The minimum atomic E-state index is -1.07. The van der Waals surface area contributed by atoms with E-state index in [0.717, 1.165) is 16.9 Å². The molecule has 0 aliphatic rings. The molecule has 0 amide bonds. The van der Waals surface area contributed by atoms with Crippen molar-refractivity contribution in [3.05, 3.63) is 63.1 Å². The lowest BCUT2D eigenvalue weighted by Gasteiger charge is -2.23. The van der Waals surface area contributed by atoms with E-state index in [9.17, 15) is 15.2 Å². The molecule has 6 heteroatoms. The fourth-order valence-corrected chi connectivity index (χ4v) is 2.49. The SMILES string of the molecule is Cc1cc(C(C)(O)CNCc2cccc([N+](=O)[O-])c2)c(C)o1. The Hall–Kier alpha value is -2.18.